The first kappa shape index (κ1) is 13.9. The number of nitrogens with one attached hydrogen (secondary N) is 1. The molecule has 0 amide bonds. The summed E-state index contributed by atoms with van der Waals surface area (Å²) in [5.74, 6) is 0. The van der Waals surface area contributed by atoms with Crippen LogP contribution in [0.15, 0.2) is 42.6 Å². The van der Waals surface area contributed by atoms with Crippen LogP contribution in [0, 0.1) is 0 Å². The molecular formula is C17H24N2. The molecule has 1 heterocycles. The molecule has 2 heteroatoms. The van der Waals surface area contributed by atoms with E-state index in [0.29, 0.717) is 0 Å². The maximum absolute atomic E-state index is 3.99. The number of nitrogens with zero attached hydrogens (tertiary/aromatic N) is 1. The zero-order valence-electron chi connectivity index (χ0n) is 12.1. The SMILES string of the molecule is C=C(C)CCn1cc(CNCCC)c2ccccc21. The van der Waals surface area contributed by atoms with Gasteiger partial charge in [0.1, 0.15) is 0 Å². The number of benzene rings is 1. The number of aromatic nitrogens is 1. The fraction of sp³-hybridized carbons (Fsp3) is 0.412. The van der Waals surface area contributed by atoms with Gasteiger partial charge in [0.25, 0.3) is 0 Å². The number of hydrogen-bond acceptors (Lipinski definition) is 1. The van der Waals surface area contributed by atoms with Crippen LogP contribution >= 0.6 is 0 Å². The second-order valence-electron chi connectivity index (χ2n) is 5.25. The van der Waals surface area contributed by atoms with E-state index in [4.69, 9.17) is 0 Å². The summed E-state index contributed by atoms with van der Waals surface area (Å²) in [6.45, 7) is 11.3. The Morgan fingerprint density at radius 3 is 2.84 bits per heavy atom. The molecule has 0 atom stereocenters. The Balaban J connectivity index is 2.23. The highest BCUT2D eigenvalue weighted by molar-refractivity contribution is 5.83. The molecule has 0 aliphatic heterocycles. The topological polar surface area (TPSA) is 17.0 Å². The zero-order chi connectivity index (χ0) is 13.7. The Hall–Kier alpha value is -1.54. The average molecular weight is 256 g/mol. The quantitative estimate of drug-likeness (QED) is 0.583. The van der Waals surface area contributed by atoms with Crippen LogP contribution in [0.3, 0.4) is 0 Å². The number of para-hydroxylation sites is 1. The number of fused-ring (bicyclic) bond motifs is 1. The monoisotopic (exact) mass is 256 g/mol. The first-order valence-corrected chi connectivity index (χ1v) is 7.14. The van der Waals surface area contributed by atoms with Crippen molar-refractivity contribution in [2.75, 3.05) is 6.54 Å². The van der Waals surface area contributed by atoms with Gasteiger partial charge in [-0.3, -0.25) is 0 Å². The van der Waals surface area contributed by atoms with Crippen LogP contribution in [0.1, 0.15) is 32.3 Å². The Morgan fingerprint density at radius 2 is 2.11 bits per heavy atom. The molecule has 0 aliphatic rings. The molecule has 1 aromatic carbocycles. The van der Waals surface area contributed by atoms with E-state index in [-0.39, 0.29) is 0 Å². The number of allylic oxidation sites excluding steroid dienone is 1. The molecule has 0 spiro atoms. The summed E-state index contributed by atoms with van der Waals surface area (Å²) < 4.78 is 2.35. The number of rotatable bonds is 7. The van der Waals surface area contributed by atoms with Gasteiger partial charge in [-0.25, -0.2) is 0 Å². The number of hydrogen-bond donors (Lipinski definition) is 1. The highest BCUT2D eigenvalue weighted by Crippen LogP contribution is 2.22. The molecule has 0 aliphatic carbocycles. The van der Waals surface area contributed by atoms with Gasteiger partial charge in [0.15, 0.2) is 0 Å². The predicted octanol–water partition coefficient (Wildman–Crippen LogP) is 4.11. The largest absolute Gasteiger partial charge is 0.347 e. The van der Waals surface area contributed by atoms with Crippen LogP contribution in [0.2, 0.25) is 0 Å². The van der Waals surface area contributed by atoms with Crippen LogP contribution in [0.5, 0.6) is 0 Å². The van der Waals surface area contributed by atoms with Crippen LogP contribution in [-0.4, -0.2) is 11.1 Å². The van der Waals surface area contributed by atoms with E-state index in [0.717, 1.165) is 26.1 Å². The van der Waals surface area contributed by atoms with Crippen LogP contribution in [0.25, 0.3) is 10.9 Å². The Bertz CT molecular complexity index is 551. The van der Waals surface area contributed by atoms with Gasteiger partial charge in [0, 0.05) is 30.2 Å². The lowest BCUT2D eigenvalue weighted by Crippen LogP contribution is -2.13. The lowest BCUT2D eigenvalue weighted by molar-refractivity contribution is 0.669. The highest BCUT2D eigenvalue weighted by Gasteiger charge is 2.07. The smallest absolute Gasteiger partial charge is 0.0483 e. The fourth-order valence-electron chi connectivity index (χ4n) is 2.36. The summed E-state index contributed by atoms with van der Waals surface area (Å²) in [6.07, 6.45) is 4.51. The van der Waals surface area contributed by atoms with Crippen molar-refractivity contribution in [2.24, 2.45) is 0 Å². The van der Waals surface area contributed by atoms with Crippen molar-refractivity contribution in [3.05, 3.63) is 48.2 Å². The third-order valence-corrected chi connectivity index (χ3v) is 3.39. The molecule has 0 radical (unpaired) electrons. The second kappa shape index (κ2) is 6.58. The minimum absolute atomic E-state index is 0.953. The molecule has 0 fully saturated rings. The van der Waals surface area contributed by atoms with Crippen molar-refractivity contribution in [1.82, 2.24) is 9.88 Å². The Kier molecular flexibility index (Phi) is 4.80. The molecule has 19 heavy (non-hydrogen) atoms. The van der Waals surface area contributed by atoms with Crippen molar-refractivity contribution in [2.45, 2.75) is 39.8 Å². The van der Waals surface area contributed by atoms with E-state index in [9.17, 15) is 0 Å². The molecule has 2 rings (SSSR count). The standard InChI is InChI=1S/C17H24N2/c1-4-10-18-12-15-13-19(11-9-14(2)3)17-8-6-5-7-16(15)17/h5-8,13,18H,2,4,9-12H2,1,3H3. The molecule has 0 unspecified atom stereocenters. The van der Waals surface area contributed by atoms with Gasteiger partial charge in [-0.1, -0.05) is 30.7 Å². The average Bonchev–Trinajstić information content (AvgIpc) is 2.76. The van der Waals surface area contributed by atoms with Crippen molar-refractivity contribution >= 4 is 10.9 Å². The molecule has 2 nitrogen and oxygen atoms in total. The summed E-state index contributed by atoms with van der Waals surface area (Å²) in [7, 11) is 0. The summed E-state index contributed by atoms with van der Waals surface area (Å²) >= 11 is 0. The maximum Gasteiger partial charge on any atom is 0.0483 e. The van der Waals surface area contributed by atoms with Crippen molar-refractivity contribution in [3.8, 4) is 0 Å². The summed E-state index contributed by atoms with van der Waals surface area (Å²) in [5, 5.41) is 4.86. The summed E-state index contributed by atoms with van der Waals surface area (Å²) in [4.78, 5) is 0. The van der Waals surface area contributed by atoms with Crippen molar-refractivity contribution in [3.63, 3.8) is 0 Å². The van der Waals surface area contributed by atoms with E-state index in [1.54, 1.807) is 0 Å². The molecule has 1 aromatic heterocycles. The van der Waals surface area contributed by atoms with Gasteiger partial charge >= 0.3 is 0 Å². The molecule has 0 saturated heterocycles. The third-order valence-electron chi connectivity index (χ3n) is 3.39. The highest BCUT2D eigenvalue weighted by atomic mass is 15.0. The van der Waals surface area contributed by atoms with Gasteiger partial charge in [-0.05, 0) is 37.9 Å². The first-order valence-electron chi connectivity index (χ1n) is 7.14. The molecule has 0 saturated carbocycles. The Labute approximate surface area is 116 Å². The maximum atomic E-state index is 3.99. The molecule has 0 bridgehead atoms. The van der Waals surface area contributed by atoms with Gasteiger partial charge in [-0.2, -0.15) is 0 Å². The lowest BCUT2D eigenvalue weighted by atomic mass is 10.2. The summed E-state index contributed by atoms with van der Waals surface area (Å²) in [6, 6.07) is 8.66. The lowest BCUT2D eigenvalue weighted by Gasteiger charge is -2.04. The molecule has 2 aromatic rings. The van der Waals surface area contributed by atoms with Gasteiger partial charge < -0.3 is 9.88 Å². The van der Waals surface area contributed by atoms with E-state index >= 15 is 0 Å². The van der Waals surface area contributed by atoms with Gasteiger partial charge in [0.2, 0.25) is 0 Å². The second-order valence-corrected chi connectivity index (χ2v) is 5.25. The van der Waals surface area contributed by atoms with Gasteiger partial charge in [0.05, 0.1) is 0 Å². The van der Waals surface area contributed by atoms with E-state index < -0.39 is 0 Å². The minimum Gasteiger partial charge on any atom is -0.347 e. The normalized spacial score (nSPS) is 11.1. The van der Waals surface area contributed by atoms with Gasteiger partial charge in [-0.15, -0.1) is 6.58 Å². The summed E-state index contributed by atoms with van der Waals surface area (Å²) in [5.41, 5.74) is 3.96. The molecule has 102 valence electrons. The van der Waals surface area contributed by atoms with E-state index in [1.165, 1.54) is 28.5 Å². The van der Waals surface area contributed by atoms with Crippen LogP contribution in [0.4, 0.5) is 0 Å². The molecular weight excluding hydrogens is 232 g/mol. The van der Waals surface area contributed by atoms with Crippen LogP contribution < -0.4 is 5.32 Å². The van der Waals surface area contributed by atoms with Crippen molar-refractivity contribution in [1.29, 1.82) is 0 Å². The third kappa shape index (κ3) is 3.48. The van der Waals surface area contributed by atoms with E-state index in [2.05, 4.69) is 60.8 Å². The first-order chi connectivity index (χ1) is 9.22. The minimum atomic E-state index is 0.953. The Morgan fingerprint density at radius 1 is 1.32 bits per heavy atom. The number of aryl methyl sites for hydroxylation is 1. The predicted molar refractivity (Wildman–Crippen MR) is 83.4 cm³/mol. The van der Waals surface area contributed by atoms with Crippen molar-refractivity contribution < 1.29 is 0 Å². The zero-order valence-corrected chi connectivity index (χ0v) is 12.1. The molecule has 1 N–H and O–H groups in total. The van der Waals surface area contributed by atoms with Crippen LogP contribution in [-0.2, 0) is 13.1 Å². The fourth-order valence-corrected chi connectivity index (χ4v) is 2.36. The van der Waals surface area contributed by atoms with E-state index in [1.807, 2.05) is 0 Å².